The maximum absolute atomic E-state index is 6.48. The van der Waals surface area contributed by atoms with Crippen LogP contribution in [0.25, 0.3) is 98.8 Å². The van der Waals surface area contributed by atoms with Crippen molar-refractivity contribution in [2.24, 2.45) is 0 Å². The summed E-state index contributed by atoms with van der Waals surface area (Å²) in [5, 5.41) is 9.21. The van der Waals surface area contributed by atoms with Crippen LogP contribution in [0.3, 0.4) is 0 Å². The van der Waals surface area contributed by atoms with Gasteiger partial charge in [-0.3, -0.25) is 0 Å². The number of rotatable bonds is 3. The molecule has 2 aromatic heterocycles. The molecule has 214 valence electrons. The maximum atomic E-state index is 6.48. The van der Waals surface area contributed by atoms with Gasteiger partial charge in [-0.1, -0.05) is 121 Å². The van der Waals surface area contributed by atoms with Gasteiger partial charge < -0.3 is 8.83 Å². The quantitative estimate of drug-likeness (QED) is 0.193. The summed E-state index contributed by atoms with van der Waals surface area (Å²) in [6.07, 6.45) is 0. The lowest BCUT2D eigenvalue weighted by atomic mass is 9.84. The first-order valence-corrected chi connectivity index (χ1v) is 15.7. The topological polar surface area (TPSA) is 26.3 Å². The fraction of sp³-hybridized carbons (Fsp3) is 0. The van der Waals surface area contributed by atoms with Crippen LogP contribution < -0.4 is 0 Å². The fourth-order valence-corrected chi connectivity index (χ4v) is 7.41. The van der Waals surface area contributed by atoms with E-state index >= 15 is 0 Å². The van der Waals surface area contributed by atoms with Crippen LogP contribution in [0.1, 0.15) is 0 Å². The van der Waals surface area contributed by atoms with Crippen LogP contribution in [0.4, 0.5) is 0 Å². The van der Waals surface area contributed by atoms with Crippen molar-refractivity contribution in [3.63, 3.8) is 0 Å². The summed E-state index contributed by atoms with van der Waals surface area (Å²) in [7, 11) is 0. The molecule has 2 heterocycles. The lowest BCUT2D eigenvalue weighted by Gasteiger charge is -2.19. The summed E-state index contributed by atoms with van der Waals surface area (Å²) < 4.78 is 12.9. The van der Waals surface area contributed by atoms with E-state index in [-0.39, 0.29) is 0 Å². The highest BCUT2D eigenvalue weighted by atomic mass is 16.3. The van der Waals surface area contributed by atoms with Crippen LogP contribution in [-0.2, 0) is 0 Å². The average molecular weight is 587 g/mol. The molecule has 0 aliphatic heterocycles. The third-order valence-electron chi connectivity index (χ3n) is 9.46. The molecule has 0 unspecified atom stereocenters. The van der Waals surface area contributed by atoms with Crippen LogP contribution >= 0.6 is 0 Å². The van der Waals surface area contributed by atoms with E-state index in [1.165, 1.54) is 49.4 Å². The summed E-state index contributed by atoms with van der Waals surface area (Å²) in [4.78, 5) is 0. The second-order valence-electron chi connectivity index (χ2n) is 12.0. The van der Waals surface area contributed by atoms with Crippen molar-refractivity contribution >= 4 is 65.4 Å². The summed E-state index contributed by atoms with van der Waals surface area (Å²) in [6.45, 7) is 0. The number of hydrogen-bond donors (Lipinski definition) is 0. The van der Waals surface area contributed by atoms with Crippen molar-refractivity contribution < 1.29 is 8.83 Å². The number of benzene rings is 8. The summed E-state index contributed by atoms with van der Waals surface area (Å²) in [5.41, 5.74) is 10.7. The molecule has 0 radical (unpaired) electrons. The lowest BCUT2D eigenvalue weighted by molar-refractivity contribution is 0.663. The van der Waals surface area contributed by atoms with Crippen LogP contribution in [0.15, 0.2) is 167 Å². The predicted molar refractivity (Wildman–Crippen MR) is 192 cm³/mol. The molecule has 10 aromatic rings. The van der Waals surface area contributed by atoms with Gasteiger partial charge in [0.2, 0.25) is 0 Å². The van der Waals surface area contributed by atoms with Crippen molar-refractivity contribution in [1.82, 2.24) is 0 Å². The largest absolute Gasteiger partial charge is 0.456 e. The Kier molecular flexibility index (Phi) is 5.31. The van der Waals surface area contributed by atoms with E-state index in [1.807, 2.05) is 12.1 Å². The van der Waals surface area contributed by atoms with E-state index in [2.05, 4.69) is 146 Å². The van der Waals surface area contributed by atoms with E-state index in [1.54, 1.807) is 0 Å². The van der Waals surface area contributed by atoms with Crippen molar-refractivity contribution in [1.29, 1.82) is 0 Å². The number of fused-ring (bicyclic) bond motifs is 9. The third-order valence-corrected chi connectivity index (χ3v) is 9.46. The second-order valence-corrected chi connectivity index (χ2v) is 12.0. The van der Waals surface area contributed by atoms with Gasteiger partial charge in [-0.25, -0.2) is 0 Å². The summed E-state index contributed by atoms with van der Waals surface area (Å²) >= 11 is 0. The van der Waals surface area contributed by atoms with E-state index in [4.69, 9.17) is 8.83 Å². The van der Waals surface area contributed by atoms with Gasteiger partial charge in [0.15, 0.2) is 0 Å². The van der Waals surface area contributed by atoms with E-state index in [9.17, 15) is 0 Å². The molecule has 46 heavy (non-hydrogen) atoms. The Morgan fingerprint density at radius 2 is 0.826 bits per heavy atom. The maximum Gasteiger partial charge on any atom is 0.147 e. The van der Waals surface area contributed by atoms with Crippen LogP contribution in [0, 0.1) is 0 Å². The van der Waals surface area contributed by atoms with Crippen LogP contribution in [-0.4, -0.2) is 0 Å². The van der Waals surface area contributed by atoms with Gasteiger partial charge in [-0.15, -0.1) is 0 Å². The van der Waals surface area contributed by atoms with Gasteiger partial charge in [-0.05, 0) is 91.3 Å². The first kappa shape index (κ1) is 25.2. The molecule has 0 fully saturated rings. The first-order chi connectivity index (χ1) is 22.8. The van der Waals surface area contributed by atoms with E-state index in [0.29, 0.717) is 0 Å². The summed E-state index contributed by atoms with van der Waals surface area (Å²) in [5.74, 6) is 0. The molecule has 0 aliphatic rings. The zero-order valence-corrected chi connectivity index (χ0v) is 24.8. The Morgan fingerprint density at radius 3 is 1.61 bits per heavy atom. The molecular weight excluding hydrogens is 560 g/mol. The van der Waals surface area contributed by atoms with Gasteiger partial charge >= 0.3 is 0 Å². The van der Waals surface area contributed by atoms with Gasteiger partial charge in [0.1, 0.15) is 22.3 Å². The zero-order valence-electron chi connectivity index (χ0n) is 24.8. The van der Waals surface area contributed by atoms with E-state index in [0.717, 1.165) is 49.4 Å². The first-order valence-electron chi connectivity index (χ1n) is 15.7. The minimum Gasteiger partial charge on any atom is -0.456 e. The molecule has 0 saturated carbocycles. The van der Waals surface area contributed by atoms with E-state index < -0.39 is 0 Å². The SMILES string of the molecule is c1ccc(-c2ccc3c(-c4ccc5oc6ccc7c8ccccc8oc7c6c5c4)c4ccccc4c(-c4ccccc4)c3c2)cc1. The highest BCUT2D eigenvalue weighted by Crippen LogP contribution is 2.46. The van der Waals surface area contributed by atoms with Crippen molar-refractivity contribution in [3.8, 4) is 33.4 Å². The highest BCUT2D eigenvalue weighted by Gasteiger charge is 2.20. The molecule has 8 aromatic carbocycles. The van der Waals surface area contributed by atoms with Crippen LogP contribution in [0.2, 0.25) is 0 Å². The third kappa shape index (κ3) is 3.65. The van der Waals surface area contributed by atoms with Crippen LogP contribution in [0.5, 0.6) is 0 Å². The molecule has 0 N–H and O–H groups in total. The number of furan rings is 2. The lowest BCUT2D eigenvalue weighted by Crippen LogP contribution is -1.91. The number of para-hydroxylation sites is 1. The smallest absolute Gasteiger partial charge is 0.147 e. The normalized spacial score (nSPS) is 11.9. The highest BCUT2D eigenvalue weighted by molar-refractivity contribution is 6.25. The molecular formula is C44H26O2. The standard InChI is InChI=1S/C44H26O2/c1-3-11-27(12-4-1)29-19-21-34-36(25-29)41(28-13-5-2-6-14-28)32-16-7-8-17-33(32)42(34)30-20-23-39-37(26-30)43-40(45-39)24-22-35-31-15-9-10-18-38(31)46-44(35)43/h1-26H. The molecule has 10 rings (SSSR count). The predicted octanol–water partition coefficient (Wildman–Crippen LogP) is 12.8. The van der Waals surface area contributed by atoms with Gasteiger partial charge in [0.05, 0.1) is 5.39 Å². The molecule has 0 amide bonds. The molecule has 0 spiro atoms. The molecule has 2 nitrogen and oxygen atoms in total. The minimum absolute atomic E-state index is 0.834. The summed E-state index contributed by atoms with van der Waals surface area (Å²) in [6, 6.07) is 56.2. The molecule has 0 bridgehead atoms. The van der Waals surface area contributed by atoms with Gasteiger partial charge in [0.25, 0.3) is 0 Å². The average Bonchev–Trinajstić information content (AvgIpc) is 3.69. The Morgan fingerprint density at radius 1 is 0.283 bits per heavy atom. The minimum atomic E-state index is 0.834. The van der Waals surface area contributed by atoms with Crippen molar-refractivity contribution in [2.75, 3.05) is 0 Å². The zero-order chi connectivity index (χ0) is 30.2. The van der Waals surface area contributed by atoms with Gasteiger partial charge in [0, 0.05) is 16.2 Å². The fourth-order valence-electron chi connectivity index (χ4n) is 7.41. The molecule has 0 aliphatic carbocycles. The Hall–Kier alpha value is -6.12. The second kappa shape index (κ2) is 9.69. The molecule has 0 saturated heterocycles. The molecule has 2 heteroatoms. The Balaban J connectivity index is 1.32. The Bertz CT molecular complexity index is 2780. The number of hydrogen-bond acceptors (Lipinski definition) is 2. The monoisotopic (exact) mass is 586 g/mol. The van der Waals surface area contributed by atoms with Crippen molar-refractivity contribution in [2.45, 2.75) is 0 Å². The van der Waals surface area contributed by atoms with Gasteiger partial charge in [-0.2, -0.15) is 0 Å². The molecule has 0 atom stereocenters. The van der Waals surface area contributed by atoms with Crippen molar-refractivity contribution in [3.05, 3.63) is 158 Å². The Labute approximate surface area is 264 Å².